The number of benzene rings is 2. The normalized spacial score (nSPS) is 16.5. The SMILES string of the molecule is CN(C)c1cccc(C(=O)N2CC[C@@H](Oc3cccc4cccnc34)C2)c1. The highest BCUT2D eigenvalue weighted by molar-refractivity contribution is 5.95. The first-order chi connectivity index (χ1) is 13.1. The van der Waals surface area contributed by atoms with E-state index in [0.717, 1.165) is 28.8 Å². The van der Waals surface area contributed by atoms with E-state index in [0.29, 0.717) is 18.7 Å². The molecule has 3 aromatic rings. The zero-order valence-corrected chi connectivity index (χ0v) is 15.6. The second-order valence-corrected chi connectivity index (χ2v) is 7.06. The molecule has 2 aromatic carbocycles. The maximum Gasteiger partial charge on any atom is 0.254 e. The van der Waals surface area contributed by atoms with Crippen molar-refractivity contribution in [2.75, 3.05) is 32.1 Å². The molecule has 1 saturated heterocycles. The molecular weight excluding hydrogens is 338 g/mol. The van der Waals surface area contributed by atoms with Crippen LogP contribution in [0.2, 0.25) is 0 Å². The number of nitrogens with zero attached hydrogens (tertiary/aromatic N) is 3. The highest BCUT2D eigenvalue weighted by atomic mass is 16.5. The largest absolute Gasteiger partial charge is 0.486 e. The minimum absolute atomic E-state index is 0.0152. The van der Waals surface area contributed by atoms with E-state index in [9.17, 15) is 4.79 Å². The number of likely N-dealkylation sites (tertiary alicyclic amines) is 1. The Labute approximate surface area is 159 Å². The van der Waals surface area contributed by atoms with Gasteiger partial charge < -0.3 is 14.5 Å². The van der Waals surface area contributed by atoms with Gasteiger partial charge in [0, 0.05) is 49.9 Å². The Hall–Kier alpha value is -3.08. The van der Waals surface area contributed by atoms with Gasteiger partial charge in [0.25, 0.3) is 5.91 Å². The Bertz CT molecular complexity index is 965. The number of rotatable bonds is 4. The number of hydrogen-bond donors (Lipinski definition) is 0. The first kappa shape index (κ1) is 17.3. The van der Waals surface area contributed by atoms with Gasteiger partial charge in [-0.1, -0.05) is 24.3 Å². The summed E-state index contributed by atoms with van der Waals surface area (Å²) in [6.45, 7) is 1.29. The van der Waals surface area contributed by atoms with Gasteiger partial charge in [0.15, 0.2) is 0 Å². The minimum Gasteiger partial charge on any atom is -0.486 e. The highest BCUT2D eigenvalue weighted by Crippen LogP contribution is 2.27. The molecule has 2 heterocycles. The zero-order valence-electron chi connectivity index (χ0n) is 15.6. The van der Waals surface area contributed by atoms with Crippen molar-refractivity contribution >= 4 is 22.5 Å². The van der Waals surface area contributed by atoms with Crippen molar-refractivity contribution in [3.05, 3.63) is 66.4 Å². The molecule has 0 spiro atoms. The van der Waals surface area contributed by atoms with Crippen LogP contribution in [0.3, 0.4) is 0 Å². The summed E-state index contributed by atoms with van der Waals surface area (Å²) in [5.74, 6) is 0.836. The van der Waals surface area contributed by atoms with Crippen LogP contribution in [0.15, 0.2) is 60.8 Å². The number of aromatic nitrogens is 1. The van der Waals surface area contributed by atoms with E-state index in [1.807, 2.05) is 78.5 Å². The number of ether oxygens (including phenoxy) is 1. The van der Waals surface area contributed by atoms with Gasteiger partial charge in [-0.3, -0.25) is 9.78 Å². The topological polar surface area (TPSA) is 45.7 Å². The van der Waals surface area contributed by atoms with E-state index in [2.05, 4.69) is 4.98 Å². The van der Waals surface area contributed by atoms with E-state index < -0.39 is 0 Å². The second kappa shape index (κ2) is 7.27. The lowest BCUT2D eigenvalue weighted by Crippen LogP contribution is -2.31. The molecule has 0 saturated carbocycles. The molecule has 0 bridgehead atoms. The molecule has 4 rings (SSSR count). The van der Waals surface area contributed by atoms with Crippen LogP contribution >= 0.6 is 0 Å². The first-order valence-electron chi connectivity index (χ1n) is 9.19. The fourth-order valence-corrected chi connectivity index (χ4v) is 3.46. The fraction of sp³-hybridized carbons (Fsp3) is 0.273. The summed E-state index contributed by atoms with van der Waals surface area (Å²) in [5, 5.41) is 1.06. The maximum atomic E-state index is 12.9. The molecule has 0 unspecified atom stereocenters. The van der Waals surface area contributed by atoms with Crippen molar-refractivity contribution in [2.24, 2.45) is 0 Å². The molecule has 1 amide bonds. The van der Waals surface area contributed by atoms with Gasteiger partial charge in [-0.05, 0) is 30.3 Å². The maximum absolute atomic E-state index is 12.9. The molecule has 5 nitrogen and oxygen atoms in total. The van der Waals surface area contributed by atoms with Gasteiger partial charge in [-0.15, -0.1) is 0 Å². The molecule has 0 radical (unpaired) electrons. The van der Waals surface area contributed by atoms with Crippen LogP contribution in [0.4, 0.5) is 5.69 Å². The van der Waals surface area contributed by atoms with Gasteiger partial charge in [0.05, 0.1) is 6.54 Å². The lowest BCUT2D eigenvalue weighted by molar-refractivity contribution is 0.0773. The first-order valence-corrected chi connectivity index (χ1v) is 9.19. The predicted molar refractivity (Wildman–Crippen MR) is 107 cm³/mol. The summed E-state index contributed by atoms with van der Waals surface area (Å²) >= 11 is 0. The Morgan fingerprint density at radius 2 is 1.96 bits per heavy atom. The van der Waals surface area contributed by atoms with Gasteiger partial charge >= 0.3 is 0 Å². The fourth-order valence-electron chi connectivity index (χ4n) is 3.46. The van der Waals surface area contributed by atoms with Crippen molar-refractivity contribution in [3.63, 3.8) is 0 Å². The molecule has 5 heteroatoms. The van der Waals surface area contributed by atoms with Crippen LogP contribution in [-0.2, 0) is 0 Å². The summed E-state index contributed by atoms with van der Waals surface area (Å²) in [5.41, 5.74) is 2.60. The number of hydrogen-bond acceptors (Lipinski definition) is 4. The summed E-state index contributed by atoms with van der Waals surface area (Å²) in [6, 6.07) is 17.6. The Morgan fingerprint density at radius 1 is 1.15 bits per heavy atom. The van der Waals surface area contributed by atoms with Crippen molar-refractivity contribution in [3.8, 4) is 5.75 Å². The number of amides is 1. The average molecular weight is 361 g/mol. The number of carbonyl (C=O) groups is 1. The zero-order chi connectivity index (χ0) is 18.8. The van der Waals surface area contributed by atoms with E-state index in [-0.39, 0.29) is 12.0 Å². The number of para-hydroxylation sites is 1. The molecule has 1 atom stereocenters. The van der Waals surface area contributed by atoms with Crippen LogP contribution in [0, 0.1) is 0 Å². The highest BCUT2D eigenvalue weighted by Gasteiger charge is 2.28. The van der Waals surface area contributed by atoms with E-state index >= 15 is 0 Å². The number of anilines is 1. The molecule has 1 aliphatic heterocycles. The van der Waals surface area contributed by atoms with Crippen LogP contribution in [0.5, 0.6) is 5.75 Å². The number of fused-ring (bicyclic) bond motifs is 1. The van der Waals surface area contributed by atoms with Crippen LogP contribution < -0.4 is 9.64 Å². The minimum atomic E-state index is -0.0152. The third-order valence-electron chi connectivity index (χ3n) is 4.93. The Morgan fingerprint density at radius 3 is 2.81 bits per heavy atom. The third kappa shape index (κ3) is 3.58. The molecule has 1 fully saturated rings. The lowest BCUT2D eigenvalue weighted by atomic mass is 10.1. The van der Waals surface area contributed by atoms with Crippen molar-refractivity contribution in [2.45, 2.75) is 12.5 Å². The summed E-state index contributed by atoms with van der Waals surface area (Å²) < 4.78 is 6.20. The van der Waals surface area contributed by atoms with Crippen LogP contribution in [0.1, 0.15) is 16.8 Å². The number of pyridine rings is 1. The Balaban J connectivity index is 1.47. The van der Waals surface area contributed by atoms with E-state index in [1.165, 1.54) is 0 Å². The van der Waals surface area contributed by atoms with Gasteiger partial charge in [0.1, 0.15) is 17.4 Å². The number of carbonyl (C=O) groups excluding carboxylic acids is 1. The average Bonchev–Trinajstić information content (AvgIpc) is 3.16. The summed E-state index contributed by atoms with van der Waals surface area (Å²) in [7, 11) is 3.95. The van der Waals surface area contributed by atoms with Crippen molar-refractivity contribution in [1.29, 1.82) is 0 Å². The monoisotopic (exact) mass is 361 g/mol. The third-order valence-corrected chi connectivity index (χ3v) is 4.93. The van der Waals surface area contributed by atoms with Crippen molar-refractivity contribution in [1.82, 2.24) is 9.88 Å². The van der Waals surface area contributed by atoms with E-state index in [4.69, 9.17) is 4.74 Å². The van der Waals surface area contributed by atoms with Crippen molar-refractivity contribution < 1.29 is 9.53 Å². The molecule has 27 heavy (non-hydrogen) atoms. The quantitative estimate of drug-likeness (QED) is 0.712. The Kier molecular flexibility index (Phi) is 4.67. The van der Waals surface area contributed by atoms with Gasteiger partial charge in [0.2, 0.25) is 0 Å². The van der Waals surface area contributed by atoms with Crippen LogP contribution in [0.25, 0.3) is 10.9 Å². The second-order valence-electron chi connectivity index (χ2n) is 7.06. The molecule has 138 valence electrons. The van der Waals surface area contributed by atoms with Gasteiger partial charge in [-0.2, -0.15) is 0 Å². The summed E-state index contributed by atoms with van der Waals surface area (Å²) in [6.07, 6.45) is 2.58. The van der Waals surface area contributed by atoms with E-state index in [1.54, 1.807) is 6.20 Å². The molecule has 0 aliphatic carbocycles. The van der Waals surface area contributed by atoms with Crippen LogP contribution in [-0.4, -0.2) is 49.1 Å². The van der Waals surface area contributed by atoms with Gasteiger partial charge in [-0.25, -0.2) is 0 Å². The standard InChI is InChI=1S/C22H23N3O2/c1-24(2)18-9-3-7-17(14-18)22(26)25-13-11-19(15-25)27-20-10-4-6-16-8-5-12-23-21(16)20/h3-10,12,14,19H,11,13,15H2,1-2H3/t19-/m1/s1. The molecular formula is C22H23N3O2. The summed E-state index contributed by atoms with van der Waals surface area (Å²) in [4.78, 5) is 21.2. The molecule has 0 N–H and O–H groups in total. The molecule has 1 aliphatic rings. The molecule has 1 aromatic heterocycles. The smallest absolute Gasteiger partial charge is 0.254 e. The predicted octanol–water partition coefficient (Wildman–Crippen LogP) is 3.59. The lowest BCUT2D eigenvalue weighted by Gasteiger charge is -2.19.